The molecule has 0 amide bonds. The van der Waals surface area contributed by atoms with E-state index in [0.29, 0.717) is 17.8 Å². The summed E-state index contributed by atoms with van der Waals surface area (Å²) in [6, 6.07) is 4.95. The Morgan fingerprint density at radius 2 is 1.11 bits per heavy atom. The van der Waals surface area contributed by atoms with Crippen LogP contribution in [0.4, 0.5) is 0 Å². The summed E-state index contributed by atoms with van der Waals surface area (Å²) < 4.78 is 0. The van der Waals surface area contributed by atoms with Crippen LogP contribution in [0.25, 0.3) is 0 Å². The molecule has 0 atom stereocenters. The SMILES string of the molecule is CC(C)c1cc(C(C)C)c([SiH](C)C)c(C(C)C)c1. The maximum absolute atomic E-state index is 2.48. The minimum Gasteiger partial charge on any atom is -0.0682 e. The third kappa shape index (κ3) is 3.26. The largest absolute Gasteiger partial charge is 0.0682 e. The predicted octanol–water partition coefficient (Wildman–Crippen LogP) is 4.75. The lowest BCUT2D eigenvalue weighted by molar-refractivity contribution is 0.812. The lowest BCUT2D eigenvalue weighted by atomic mass is 9.89. The molecule has 0 aliphatic carbocycles. The first-order valence-electron chi connectivity index (χ1n) is 7.43. The molecular weight excluding hydrogens is 232 g/mol. The number of hydrogen-bond acceptors (Lipinski definition) is 0. The normalized spacial score (nSPS) is 12.2. The van der Waals surface area contributed by atoms with Gasteiger partial charge in [0.1, 0.15) is 0 Å². The zero-order valence-electron chi connectivity index (χ0n) is 13.5. The first kappa shape index (κ1) is 15.5. The Bertz CT molecular complexity index is 371. The average Bonchev–Trinajstić information content (AvgIpc) is 2.26. The molecule has 1 aromatic carbocycles. The molecule has 0 unspecified atom stereocenters. The molecule has 0 radical (unpaired) electrons. The Morgan fingerprint density at radius 3 is 1.33 bits per heavy atom. The van der Waals surface area contributed by atoms with Crippen LogP contribution < -0.4 is 5.19 Å². The minimum absolute atomic E-state index is 0.628. The summed E-state index contributed by atoms with van der Waals surface area (Å²) in [5.41, 5.74) is 4.75. The van der Waals surface area contributed by atoms with Gasteiger partial charge in [-0.1, -0.05) is 72.0 Å². The molecule has 0 fully saturated rings. The fourth-order valence-electron chi connectivity index (χ4n) is 2.68. The van der Waals surface area contributed by atoms with Gasteiger partial charge in [0, 0.05) is 0 Å². The van der Waals surface area contributed by atoms with Crippen molar-refractivity contribution in [2.75, 3.05) is 0 Å². The monoisotopic (exact) mass is 262 g/mol. The van der Waals surface area contributed by atoms with Gasteiger partial charge in [0.2, 0.25) is 0 Å². The van der Waals surface area contributed by atoms with Gasteiger partial charge in [-0.3, -0.25) is 0 Å². The smallest absolute Gasteiger partial charge is 0.0654 e. The lowest BCUT2D eigenvalue weighted by Gasteiger charge is -2.24. The van der Waals surface area contributed by atoms with Crippen LogP contribution in [0.2, 0.25) is 13.1 Å². The Balaban J connectivity index is 3.55. The molecule has 0 aliphatic heterocycles. The summed E-state index contributed by atoms with van der Waals surface area (Å²) in [4.78, 5) is 0. The van der Waals surface area contributed by atoms with Crippen molar-refractivity contribution in [1.29, 1.82) is 0 Å². The summed E-state index contributed by atoms with van der Waals surface area (Å²) in [6.45, 7) is 18.9. The van der Waals surface area contributed by atoms with Gasteiger partial charge in [-0.2, -0.15) is 0 Å². The Kier molecular flexibility index (Phi) is 5.21. The fourth-order valence-corrected chi connectivity index (χ4v) is 4.84. The van der Waals surface area contributed by atoms with Crippen LogP contribution in [0, 0.1) is 0 Å². The van der Waals surface area contributed by atoms with E-state index in [0.717, 1.165) is 0 Å². The summed E-state index contributed by atoms with van der Waals surface area (Å²) in [5, 5.41) is 1.73. The highest BCUT2D eigenvalue weighted by atomic mass is 28.3. The maximum Gasteiger partial charge on any atom is 0.0654 e. The lowest BCUT2D eigenvalue weighted by Crippen LogP contribution is -2.32. The molecule has 18 heavy (non-hydrogen) atoms. The predicted molar refractivity (Wildman–Crippen MR) is 87.2 cm³/mol. The molecule has 1 heteroatoms. The van der Waals surface area contributed by atoms with E-state index in [1.165, 1.54) is 5.56 Å². The zero-order valence-corrected chi connectivity index (χ0v) is 14.6. The van der Waals surface area contributed by atoms with E-state index < -0.39 is 8.80 Å². The molecular formula is C17H30Si. The van der Waals surface area contributed by atoms with Crippen LogP contribution in [0.3, 0.4) is 0 Å². The highest BCUT2D eigenvalue weighted by Gasteiger charge is 2.19. The summed E-state index contributed by atoms with van der Waals surface area (Å²) in [7, 11) is -0.772. The second-order valence-corrected chi connectivity index (χ2v) is 9.62. The van der Waals surface area contributed by atoms with E-state index >= 15 is 0 Å². The van der Waals surface area contributed by atoms with Gasteiger partial charge in [0.05, 0.1) is 8.80 Å². The molecule has 0 spiro atoms. The third-order valence-electron chi connectivity index (χ3n) is 3.75. The third-order valence-corrected chi connectivity index (χ3v) is 5.58. The highest BCUT2D eigenvalue weighted by Crippen LogP contribution is 2.26. The van der Waals surface area contributed by atoms with E-state index in [1.807, 2.05) is 0 Å². The minimum atomic E-state index is -0.772. The zero-order chi connectivity index (χ0) is 14.0. The van der Waals surface area contributed by atoms with Crippen molar-refractivity contribution in [3.63, 3.8) is 0 Å². The molecule has 0 heterocycles. The van der Waals surface area contributed by atoms with E-state index in [1.54, 1.807) is 16.3 Å². The van der Waals surface area contributed by atoms with Crippen molar-refractivity contribution in [2.24, 2.45) is 0 Å². The van der Waals surface area contributed by atoms with Gasteiger partial charge in [-0.25, -0.2) is 0 Å². The maximum atomic E-state index is 2.48. The van der Waals surface area contributed by atoms with Crippen molar-refractivity contribution < 1.29 is 0 Å². The van der Waals surface area contributed by atoms with E-state index in [9.17, 15) is 0 Å². The van der Waals surface area contributed by atoms with Gasteiger partial charge in [0.15, 0.2) is 0 Å². The van der Waals surface area contributed by atoms with Crippen LogP contribution in [-0.4, -0.2) is 8.80 Å². The summed E-state index contributed by atoms with van der Waals surface area (Å²) in [5.74, 6) is 1.92. The number of benzene rings is 1. The molecule has 0 N–H and O–H groups in total. The Labute approximate surface area is 115 Å². The highest BCUT2D eigenvalue weighted by molar-refractivity contribution is 6.71. The molecule has 0 saturated heterocycles. The number of hydrogen-bond donors (Lipinski definition) is 0. The van der Waals surface area contributed by atoms with E-state index in [4.69, 9.17) is 0 Å². The van der Waals surface area contributed by atoms with Crippen LogP contribution in [0.15, 0.2) is 12.1 Å². The molecule has 0 aliphatic rings. The second-order valence-electron chi connectivity index (χ2n) is 6.73. The van der Waals surface area contributed by atoms with Crippen LogP contribution in [0.5, 0.6) is 0 Å². The van der Waals surface area contributed by atoms with Crippen LogP contribution >= 0.6 is 0 Å². The molecule has 1 aromatic rings. The molecule has 0 aromatic heterocycles. The van der Waals surface area contributed by atoms with E-state index in [-0.39, 0.29) is 0 Å². The van der Waals surface area contributed by atoms with Crippen molar-refractivity contribution in [1.82, 2.24) is 0 Å². The summed E-state index contributed by atoms with van der Waals surface area (Å²) >= 11 is 0. The summed E-state index contributed by atoms with van der Waals surface area (Å²) in [6.07, 6.45) is 0. The first-order valence-corrected chi connectivity index (χ1v) is 10.3. The molecule has 0 bridgehead atoms. The quantitative estimate of drug-likeness (QED) is 0.687. The fraction of sp³-hybridized carbons (Fsp3) is 0.647. The van der Waals surface area contributed by atoms with Gasteiger partial charge in [-0.05, 0) is 34.4 Å². The van der Waals surface area contributed by atoms with Gasteiger partial charge < -0.3 is 0 Å². The number of rotatable bonds is 4. The van der Waals surface area contributed by atoms with Gasteiger partial charge >= 0.3 is 0 Å². The van der Waals surface area contributed by atoms with Crippen molar-refractivity contribution in [2.45, 2.75) is 72.4 Å². The average molecular weight is 263 g/mol. The second kappa shape index (κ2) is 6.05. The topological polar surface area (TPSA) is 0 Å². The molecule has 102 valence electrons. The van der Waals surface area contributed by atoms with Crippen molar-refractivity contribution in [3.8, 4) is 0 Å². The van der Waals surface area contributed by atoms with Gasteiger partial charge in [-0.15, -0.1) is 0 Å². The molecule has 0 saturated carbocycles. The molecule has 0 nitrogen and oxygen atoms in total. The standard InChI is InChI=1S/C17H30Si/c1-11(2)14-9-15(12(3)4)17(18(7)8)16(10-14)13(5)6/h9-13,18H,1-8H3. The van der Waals surface area contributed by atoms with Crippen LogP contribution in [0.1, 0.15) is 76.0 Å². The van der Waals surface area contributed by atoms with Crippen molar-refractivity contribution >= 4 is 14.0 Å². The van der Waals surface area contributed by atoms with Crippen molar-refractivity contribution in [3.05, 3.63) is 28.8 Å². The Morgan fingerprint density at radius 1 is 0.722 bits per heavy atom. The first-order chi connectivity index (χ1) is 8.25. The van der Waals surface area contributed by atoms with E-state index in [2.05, 4.69) is 66.8 Å². The van der Waals surface area contributed by atoms with Crippen LogP contribution in [-0.2, 0) is 0 Å². The van der Waals surface area contributed by atoms with Gasteiger partial charge in [0.25, 0.3) is 0 Å². The molecule has 1 rings (SSSR count). The Hall–Kier alpha value is -0.563.